The van der Waals surface area contributed by atoms with Crippen LogP contribution in [0.3, 0.4) is 0 Å². The summed E-state index contributed by atoms with van der Waals surface area (Å²) in [4.78, 5) is 12.3. The number of carbonyl (C=O) groups is 1. The van der Waals surface area contributed by atoms with Gasteiger partial charge >= 0.3 is 0 Å². The Hall–Kier alpha value is -1.05. The van der Waals surface area contributed by atoms with Gasteiger partial charge in [-0.1, -0.05) is 33.6 Å². The van der Waals surface area contributed by atoms with Crippen molar-refractivity contribution in [2.24, 2.45) is 10.8 Å². The fraction of sp³-hybridized carbons (Fsp3) is 0.722. The number of ketones is 1. The van der Waals surface area contributed by atoms with Gasteiger partial charge in [-0.05, 0) is 42.6 Å². The van der Waals surface area contributed by atoms with Crippen molar-refractivity contribution in [2.75, 3.05) is 0 Å². The first-order chi connectivity index (χ1) is 9.45. The molecule has 3 rings (SSSR count). The Balaban J connectivity index is 1.91. The highest BCUT2D eigenvalue weighted by Gasteiger charge is 2.36. The van der Waals surface area contributed by atoms with Crippen LogP contribution in [0.15, 0.2) is 12.3 Å². The molecule has 0 aliphatic heterocycles. The van der Waals surface area contributed by atoms with Crippen molar-refractivity contribution in [1.29, 1.82) is 0 Å². The third-order valence-corrected chi connectivity index (χ3v) is 5.58. The molecular formula is C18H27NO. The molecule has 2 aliphatic carbocycles. The minimum absolute atomic E-state index is 0.120. The molecule has 0 unspecified atom stereocenters. The van der Waals surface area contributed by atoms with Gasteiger partial charge in [-0.3, -0.25) is 4.79 Å². The quantitative estimate of drug-likeness (QED) is 0.788. The standard InChI is InChI=1S/C18H27NO/c1-4-18(8-5-6-9-18)13-19-10-7-14-15(19)11-17(2,3)12-16(14)20/h7,10H,4-6,8-9,11-13H2,1-3H3. The minimum atomic E-state index is 0.120. The lowest BCUT2D eigenvalue weighted by molar-refractivity contribution is 0.0908. The lowest BCUT2D eigenvalue weighted by atomic mass is 9.76. The first kappa shape index (κ1) is 13.9. The maximum atomic E-state index is 12.3. The fourth-order valence-electron chi connectivity index (χ4n) is 4.26. The molecule has 0 N–H and O–H groups in total. The molecule has 0 amide bonds. The summed E-state index contributed by atoms with van der Waals surface area (Å²) in [7, 11) is 0. The van der Waals surface area contributed by atoms with Crippen LogP contribution in [0, 0.1) is 10.8 Å². The van der Waals surface area contributed by atoms with E-state index in [1.54, 1.807) is 0 Å². The second-order valence-corrected chi connectivity index (χ2v) is 7.81. The molecule has 0 bridgehead atoms. The number of hydrogen-bond acceptors (Lipinski definition) is 1. The van der Waals surface area contributed by atoms with E-state index in [0.717, 1.165) is 18.5 Å². The van der Waals surface area contributed by atoms with Gasteiger partial charge < -0.3 is 4.57 Å². The number of carbonyl (C=O) groups excluding carboxylic acids is 1. The maximum Gasteiger partial charge on any atom is 0.165 e. The molecule has 1 heterocycles. The Morgan fingerprint density at radius 3 is 2.55 bits per heavy atom. The molecule has 0 atom stereocenters. The van der Waals surface area contributed by atoms with Crippen molar-refractivity contribution >= 4 is 5.78 Å². The summed E-state index contributed by atoms with van der Waals surface area (Å²) in [6.07, 6.45) is 10.6. The summed E-state index contributed by atoms with van der Waals surface area (Å²) in [5, 5.41) is 0. The number of Topliss-reactive ketones (excluding diaryl/α,β-unsaturated/α-hetero) is 1. The summed E-state index contributed by atoms with van der Waals surface area (Å²) in [6.45, 7) is 7.88. The molecule has 1 aromatic heterocycles. The molecule has 2 heteroatoms. The average molecular weight is 273 g/mol. The summed E-state index contributed by atoms with van der Waals surface area (Å²) in [6, 6.07) is 2.06. The molecule has 0 aromatic carbocycles. The van der Waals surface area contributed by atoms with Crippen LogP contribution in [0.25, 0.3) is 0 Å². The van der Waals surface area contributed by atoms with Gasteiger partial charge in [0.25, 0.3) is 0 Å². The Kier molecular flexibility index (Phi) is 3.30. The van der Waals surface area contributed by atoms with Crippen LogP contribution in [-0.2, 0) is 13.0 Å². The highest BCUT2D eigenvalue weighted by molar-refractivity contribution is 5.98. The number of nitrogens with zero attached hydrogens (tertiary/aromatic N) is 1. The van der Waals surface area contributed by atoms with E-state index in [0.29, 0.717) is 17.6 Å². The molecule has 110 valence electrons. The summed E-state index contributed by atoms with van der Waals surface area (Å²) >= 11 is 0. The molecule has 2 nitrogen and oxygen atoms in total. The lowest BCUT2D eigenvalue weighted by Crippen LogP contribution is -2.30. The third-order valence-electron chi connectivity index (χ3n) is 5.58. The highest BCUT2D eigenvalue weighted by atomic mass is 16.1. The van der Waals surface area contributed by atoms with Gasteiger partial charge in [-0.2, -0.15) is 0 Å². The molecule has 0 spiro atoms. The van der Waals surface area contributed by atoms with Crippen molar-refractivity contribution in [3.8, 4) is 0 Å². The largest absolute Gasteiger partial charge is 0.350 e. The fourth-order valence-corrected chi connectivity index (χ4v) is 4.26. The molecule has 20 heavy (non-hydrogen) atoms. The van der Waals surface area contributed by atoms with Crippen molar-refractivity contribution in [3.63, 3.8) is 0 Å². The molecule has 0 saturated heterocycles. The second kappa shape index (κ2) is 4.75. The predicted octanol–water partition coefficient (Wildman–Crippen LogP) is 4.61. The summed E-state index contributed by atoms with van der Waals surface area (Å²) in [5.41, 5.74) is 2.90. The lowest BCUT2D eigenvalue weighted by Gasteiger charge is -2.33. The van der Waals surface area contributed by atoms with Crippen LogP contribution in [0.5, 0.6) is 0 Å². The van der Waals surface area contributed by atoms with Crippen molar-refractivity contribution in [2.45, 2.75) is 72.3 Å². The summed E-state index contributed by atoms with van der Waals surface area (Å²) < 4.78 is 2.41. The molecule has 1 fully saturated rings. The van der Waals surface area contributed by atoms with Gasteiger partial charge in [0.2, 0.25) is 0 Å². The Morgan fingerprint density at radius 1 is 1.20 bits per heavy atom. The van der Waals surface area contributed by atoms with E-state index in [1.807, 2.05) is 0 Å². The number of aromatic nitrogens is 1. The minimum Gasteiger partial charge on any atom is -0.350 e. The molecule has 1 saturated carbocycles. The molecule has 1 aromatic rings. The molecule has 2 aliphatic rings. The predicted molar refractivity (Wildman–Crippen MR) is 82.1 cm³/mol. The van der Waals surface area contributed by atoms with E-state index in [4.69, 9.17) is 0 Å². The van der Waals surface area contributed by atoms with Crippen LogP contribution >= 0.6 is 0 Å². The van der Waals surface area contributed by atoms with Crippen LogP contribution in [0.4, 0.5) is 0 Å². The van der Waals surface area contributed by atoms with E-state index < -0.39 is 0 Å². The van der Waals surface area contributed by atoms with E-state index in [9.17, 15) is 4.79 Å². The monoisotopic (exact) mass is 273 g/mol. The highest BCUT2D eigenvalue weighted by Crippen LogP contribution is 2.44. The summed E-state index contributed by atoms with van der Waals surface area (Å²) in [5.74, 6) is 0.340. The zero-order chi connectivity index (χ0) is 14.4. The Morgan fingerprint density at radius 2 is 1.90 bits per heavy atom. The number of rotatable bonds is 3. The van der Waals surface area contributed by atoms with Crippen LogP contribution in [-0.4, -0.2) is 10.4 Å². The first-order valence-corrected chi connectivity index (χ1v) is 8.16. The van der Waals surface area contributed by atoms with Gasteiger partial charge in [0.05, 0.1) is 0 Å². The molecular weight excluding hydrogens is 246 g/mol. The van der Waals surface area contributed by atoms with Gasteiger partial charge in [0.15, 0.2) is 5.78 Å². The van der Waals surface area contributed by atoms with Crippen LogP contribution < -0.4 is 0 Å². The number of fused-ring (bicyclic) bond motifs is 1. The second-order valence-electron chi connectivity index (χ2n) is 7.81. The zero-order valence-electron chi connectivity index (χ0n) is 13.2. The zero-order valence-corrected chi connectivity index (χ0v) is 13.2. The van der Waals surface area contributed by atoms with Gasteiger partial charge in [0, 0.05) is 30.4 Å². The van der Waals surface area contributed by atoms with Crippen molar-refractivity contribution in [1.82, 2.24) is 4.57 Å². The maximum absolute atomic E-state index is 12.3. The van der Waals surface area contributed by atoms with Gasteiger partial charge in [-0.25, -0.2) is 0 Å². The SMILES string of the molecule is CCC1(Cn2ccc3c2CC(C)(C)CC3=O)CCCC1. The van der Waals surface area contributed by atoms with Gasteiger partial charge in [0.1, 0.15) is 0 Å². The van der Waals surface area contributed by atoms with Crippen molar-refractivity contribution < 1.29 is 4.79 Å². The van der Waals surface area contributed by atoms with Crippen molar-refractivity contribution in [3.05, 3.63) is 23.5 Å². The Labute approximate surface area is 122 Å². The van der Waals surface area contributed by atoms with Crippen LogP contribution in [0.1, 0.15) is 75.3 Å². The normalized spacial score (nSPS) is 23.9. The van der Waals surface area contributed by atoms with E-state index >= 15 is 0 Å². The smallest absolute Gasteiger partial charge is 0.165 e. The third kappa shape index (κ3) is 2.34. The van der Waals surface area contributed by atoms with E-state index in [2.05, 4.69) is 37.6 Å². The molecule has 0 radical (unpaired) electrons. The van der Waals surface area contributed by atoms with E-state index in [-0.39, 0.29) is 5.41 Å². The Bertz CT molecular complexity index is 518. The van der Waals surface area contributed by atoms with Crippen LogP contribution in [0.2, 0.25) is 0 Å². The van der Waals surface area contributed by atoms with Gasteiger partial charge in [-0.15, -0.1) is 0 Å². The number of hydrogen-bond donors (Lipinski definition) is 0. The average Bonchev–Trinajstić information content (AvgIpc) is 2.97. The first-order valence-electron chi connectivity index (χ1n) is 8.16. The van der Waals surface area contributed by atoms with E-state index in [1.165, 1.54) is 37.8 Å². The topological polar surface area (TPSA) is 22.0 Å².